The average Bonchev–Trinajstić information content (AvgIpc) is 3.15. The van der Waals surface area contributed by atoms with Crippen LogP contribution in [0.15, 0.2) is 59.6 Å². The molecule has 7 nitrogen and oxygen atoms in total. The Morgan fingerprint density at radius 2 is 1.77 bits per heavy atom. The van der Waals surface area contributed by atoms with E-state index in [1.165, 1.54) is 16.4 Å². The highest BCUT2D eigenvalue weighted by atomic mass is 32.2. The molecule has 0 radical (unpaired) electrons. The first-order valence-electron chi connectivity index (χ1n) is 10.4. The second-order valence-corrected chi connectivity index (χ2v) is 9.60. The molecule has 1 aromatic heterocycles. The van der Waals surface area contributed by atoms with Crippen molar-refractivity contribution >= 4 is 32.5 Å². The third-order valence-corrected chi connectivity index (χ3v) is 7.30. The topological polar surface area (TPSA) is 74.6 Å². The van der Waals surface area contributed by atoms with E-state index in [-0.39, 0.29) is 10.8 Å². The largest absolute Gasteiger partial charge is 0.346 e. The zero-order valence-electron chi connectivity index (χ0n) is 18.5. The number of nitrogens with one attached hydrogen (secondary N) is 1. The molecular weight excluding hydrogens is 412 g/mol. The molecule has 1 heterocycles. The third kappa shape index (κ3) is 5.15. The Bertz CT molecular complexity index is 1160. The lowest BCUT2D eigenvalue weighted by Gasteiger charge is -2.18. The number of amides is 1. The number of hydrogen-bond donors (Lipinski definition) is 1. The van der Waals surface area contributed by atoms with Crippen LogP contribution < -0.4 is 5.32 Å². The van der Waals surface area contributed by atoms with Crippen LogP contribution in [-0.4, -0.2) is 61.8 Å². The van der Waals surface area contributed by atoms with Gasteiger partial charge in [-0.25, -0.2) is 8.42 Å². The molecule has 3 aromatic rings. The molecule has 8 heteroatoms. The lowest BCUT2D eigenvalue weighted by Crippen LogP contribution is -2.30. The van der Waals surface area contributed by atoms with Crippen LogP contribution in [0.25, 0.3) is 10.9 Å². The van der Waals surface area contributed by atoms with E-state index in [0.29, 0.717) is 24.3 Å². The van der Waals surface area contributed by atoms with Gasteiger partial charge in [-0.3, -0.25) is 4.79 Å². The number of fused-ring (bicyclic) bond motifs is 1. The van der Waals surface area contributed by atoms with E-state index < -0.39 is 10.0 Å². The number of carbonyl (C=O) groups is 1. The Hall–Kier alpha value is -2.68. The van der Waals surface area contributed by atoms with E-state index in [1.807, 2.05) is 44.6 Å². The summed E-state index contributed by atoms with van der Waals surface area (Å²) < 4.78 is 29.1. The average molecular weight is 443 g/mol. The number of rotatable bonds is 9. The molecule has 0 saturated heterocycles. The van der Waals surface area contributed by atoms with Gasteiger partial charge in [0.15, 0.2) is 0 Å². The van der Waals surface area contributed by atoms with Crippen LogP contribution in [0.4, 0.5) is 5.69 Å². The summed E-state index contributed by atoms with van der Waals surface area (Å²) in [6.45, 7) is 6.17. The molecule has 0 bridgehead atoms. The second-order valence-electron chi connectivity index (χ2n) is 7.66. The van der Waals surface area contributed by atoms with Gasteiger partial charge in [-0.1, -0.05) is 19.9 Å². The van der Waals surface area contributed by atoms with Gasteiger partial charge in [-0.05, 0) is 56.6 Å². The van der Waals surface area contributed by atoms with E-state index in [1.54, 1.807) is 26.0 Å². The summed E-state index contributed by atoms with van der Waals surface area (Å²) in [6, 6.07) is 14.0. The number of hydrogen-bond acceptors (Lipinski definition) is 4. The molecule has 166 valence electrons. The van der Waals surface area contributed by atoms with Gasteiger partial charge in [0.05, 0.1) is 4.90 Å². The summed E-state index contributed by atoms with van der Waals surface area (Å²) in [5, 5.41) is 3.92. The van der Waals surface area contributed by atoms with E-state index in [4.69, 9.17) is 0 Å². The summed E-state index contributed by atoms with van der Waals surface area (Å²) in [7, 11) is 0.466. The maximum atomic E-state index is 12.8. The predicted molar refractivity (Wildman–Crippen MR) is 125 cm³/mol. The monoisotopic (exact) mass is 442 g/mol. The fraction of sp³-hybridized carbons (Fsp3) is 0.348. The maximum Gasteiger partial charge on any atom is 0.255 e. The molecule has 0 unspecified atom stereocenters. The lowest BCUT2D eigenvalue weighted by atomic mass is 10.2. The molecule has 0 spiro atoms. The first kappa shape index (κ1) is 23.0. The van der Waals surface area contributed by atoms with Crippen LogP contribution >= 0.6 is 0 Å². The van der Waals surface area contributed by atoms with Crippen molar-refractivity contribution in [3.8, 4) is 0 Å². The van der Waals surface area contributed by atoms with Crippen molar-refractivity contribution in [3.63, 3.8) is 0 Å². The van der Waals surface area contributed by atoms with Crippen molar-refractivity contribution in [2.75, 3.05) is 39.0 Å². The van der Waals surface area contributed by atoms with E-state index in [9.17, 15) is 13.2 Å². The molecule has 0 aliphatic heterocycles. The summed E-state index contributed by atoms with van der Waals surface area (Å²) in [6.07, 6.45) is 2.04. The molecule has 0 atom stereocenters. The van der Waals surface area contributed by atoms with Gasteiger partial charge < -0.3 is 14.8 Å². The summed E-state index contributed by atoms with van der Waals surface area (Å²) in [4.78, 5) is 15.0. The molecule has 0 aliphatic carbocycles. The Morgan fingerprint density at radius 3 is 2.45 bits per heavy atom. The molecule has 1 amide bonds. The molecule has 0 aliphatic rings. The van der Waals surface area contributed by atoms with Crippen molar-refractivity contribution in [3.05, 3.63) is 60.3 Å². The number of anilines is 1. The van der Waals surface area contributed by atoms with Crippen molar-refractivity contribution in [1.29, 1.82) is 0 Å². The minimum Gasteiger partial charge on any atom is -0.346 e. The van der Waals surface area contributed by atoms with Gasteiger partial charge in [0.25, 0.3) is 5.91 Å². The number of likely N-dealkylation sites (N-methyl/N-ethyl adjacent to an activating group) is 1. The summed E-state index contributed by atoms with van der Waals surface area (Å²) >= 11 is 0. The molecule has 1 N–H and O–H groups in total. The first-order chi connectivity index (χ1) is 14.8. The smallest absolute Gasteiger partial charge is 0.255 e. The fourth-order valence-corrected chi connectivity index (χ4v) is 5.00. The van der Waals surface area contributed by atoms with E-state index in [2.05, 4.69) is 14.8 Å². The standard InChI is InChI=1S/C23H30N4O3S/c1-5-27(6-2)31(29,30)21-9-7-8-19(17-21)23(28)24-20-10-11-22-18(16-20)12-13-26(22)15-14-25(3)4/h7-13,16-17H,5-6,14-15H2,1-4H3,(H,24,28). The van der Waals surface area contributed by atoms with Crippen molar-refractivity contribution < 1.29 is 13.2 Å². The number of aromatic nitrogens is 1. The van der Waals surface area contributed by atoms with Crippen LogP contribution in [0.2, 0.25) is 0 Å². The molecule has 31 heavy (non-hydrogen) atoms. The minimum atomic E-state index is -3.62. The summed E-state index contributed by atoms with van der Waals surface area (Å²) in [5.41, 5.74) is 2.07. The molecular formula is C23H30N4O3S. The van der Waals surface area contributed by atoms with Crippen molar-refractivity contribution in [2.45, 2.75) is 25.3 Å². The minimum absolute atomic E-state index is 0.122. The maximum absolute atomic E-state index is 12.8. The van der Waals surface area contributed by atoms with Gasteiger partial charge in [-0.2, -0.15) is 4.31 Å². The number of benzene rings is 2. The number of nitrogens with zero attached hydrogens (tertiary/aromatic N) is 3. The van der Waals surface area contributed by atoms with Crippen molar-refractivity contribution in [2.24, 2.45) is 0 Å². The van der Waals surface area contributed by atoms with Crippen molar-refractivity contribution in [1.82, 2.24) is 13.8 Å². The SMILES string of the molecule is CCN(CC)S(=O)(=O)c1cccc(C(=O)Nc2ccc3c(ccn3CCN(C)C)c2)c1. The first-order valence-corrected chi connectivity index (χ1v) is 11.9. The lowest BCUT2D eigenvalue weighted by molar-refractivity contribution is 0.102. The van der Waals surface area contributed by atoms with Crippen LogP contribution in [0.3, 0.4) is 0 Å². The summed E-state index contributed by atoms with van der Waals surface area (Å²) in [5.74, 6) is -0.344. The molecule has 0 saturated carbocycles. The van der Waals surface area contributed by atoms with Gasteiger partial charge in [-0.15, -0.1) is 0 Å². The van der Waals surface area contributed by atoms with Crippen LogP contribution in [-0.2, 0) is 16.6 Å². The predicted octanol–water partition coefficient (Wildman–Crippen LogP) is 3.49. The van der Waals surface area contributed by atoms with Gasteiger partial charge in [0.2, 0.25) is 10.0 Å². The van der Waals surface area contributed by atoms with Gasteiger partial charge in [0.1, 0.15) is 0 Å². The van der Waals surface area contributed by atoms with Gasteiger partial charge in [0, 0.05) is 54.5 Å². The van der Waals surface area contributed by atoms with E-state index >= 15 is 0 Å². The normalized spacial score (nSPS) is 12.1. The Kier molecular flexibility index (Phi) is 7.15. The van der Waals surface area contributed by atoms with Crippen LogP contribution in [0.1, 0.15) is 24.2 Å². The quantitative estimate of drug-likeness (QED) is 0.551. The highest BCUT2D eigenvalue weighted by Crippen LogP contribution is 2.22. The molecule has 0 fully saturated rings. The molecule has 3 rings (SSSR count). The van der Waals surface area contributed by atoms with Crippen LogP contribution in [0.5, 0.6) is 0 Å². The Labute approximate surface area is 184 Å². The van der Waals surface area contributed by atoms with E-state index in [0.717, 1.165) is 24.0 Å². The highest BCUT2D eigenvalue weighted by molar-refractivity contribution is 7.89. The third-order valence-electron chi connectivity index (χ3n) is 5.26. The molecule has 2 aromatic carbocycles. The zero-order valence-corrected chi connectivity index (χ0v) is 19.3. The highest BCUT2D eigenvalue weighted by Gasteiger charge is 2.22. The number of sulfonamides is 1. The number of carbonyl (C=O) groups excluding carboxylic acids is 1. The Morgan fingerprint density at radius 1 is 1.03 bits per heavy atom. The second kappa shape index (κ2) is 9.64. The fourth-order valence-electron chi connectivity index (χ4n) is 3.49. The zero-order chi connectivity index (χ0) is 22.6. The Balaban J connectivity index is 1.79. The van der Waals surface area contributed by atoms with Crippen LogP contribution in [0, 0.1) is 0 Å². The van der Waals surface area contributed by atoms with Gasteiger partial charge >= 0.3 is 0 Å².